The van der Waals surface area contributed by atoms with Crippen molar-refractivity contribution in [3.05, 3.63) is 29.7 Å². The van der Waals surface area contributed by atoms with E-state index in [0.717, 1.165) is 31.2 Å². The van der Waals surface area contributed by atoms with Crippen LogP contribution in [0.2, 0.25) is 0 Å². The summed E-state index contributed by atoms with van der Waals surface area (Å²) in [5.41, 5.74) is 0. The fourth-order valence-electron chi connectivity index (χ4n) is 3.12. The molecule has 3 heterocycles. The number of hydrogen-bond acceptors (Lipinski definition) is 7. The van der Waals surface area contributed by atoms with Crippen LogP contribution < -0.4 is 5.32 Å². The molecule has 0 saturated carbocycles. The van der Waals surface area contributed by atoms with Gasteiger partial charge in [-0.25, -0.2) is 4.98 Å². The van der Waals surface area contributed by atoms with E-state index < -0.39 is 0 Å². The number of aryl methyl sites for hydroxylation is 2. The topological polar surface area (TPSA) is 87.6 Å². The van der Waals surface area contributed by atoms with Crippen LogP contribution in [-0.4, -0.2) is 58.1 Å². The minimum absolute atomic E-state index is 0.0695. The molecule has 3 rings (SSSR count). The van der Waals surface area contributed by atoms with E-state index in [-0.39, 0.29) is 11.9 Å². The monoisotopic (exact) mass is 347 g/mol. The number of oxazole rings is 1. The highest BCUT2D eigenvalue weighted by Gasteiger charge is 2.32. The van der Waals surface area contributed by atoms with Crippen molar-refractivity contribution in [1.82, 2.24) is 19.9 Å². The van der Waals surface area contributed by atoms with E-state index in [4.69, 9.17) is 8.94 Å². The lowest BCUT2D eigenvalue weighted by Gasteiger charge is -2.26. The first-order chi connectivity index (χ1) is 11.9. The second-order valence-corrected chi connectivity index (χ2v) is 6.71. The van der Waals surface area contributed by atoms with Gasteiger partial charge in [0, 0.05) is 25.2 Å². The van der Waals surface area contributed by atoms with E-state index in [9.17, 15) is 4.79 Å². The van der Waals surface area contributed by atoms with E-state index >= 15 is 0 Å². The molecule has 0 radical (unpaired) electrons. The molecule has 0 unspecified atom stereocenters. The molecular formula is C17H25N5O3. The van der Waals surface area contributed by atoms with Crippen LogP contribution in [0, 0.1) is 13.8 Å². The first-order valence-electron chi connectivity index (χ1n) is 8.52. The fraction of sp³-hybridized carbons (Fsp3) is 0.588. The largest absolute Gasteiger partial charge is 0.445 e. The van der Waals surface area contributed by atoms with Gasteiger partial charge in [-0.3, -0.25) is 14.6 Å². The molecular weight excluding hydrogens is 322 g/mol. The maximum Gasteiger partial charge on any atom is 0.242 e. The van der Waals surface area contributed by atoms with Crippen molar-refractivity contribution >= 4 is 11.7 Å². The number of likely N-dealkylation sites (tertiary alicyclic amines) is 1. The first kappa shape index (κ1) is 17.6. The van der Waals surface area contributed by atoms with Crippen molar-refractivity contribution in [3.8, 4) is 0 Å². The molecule has 0 aliphatic carbocycles. The minimum Gasteiger partial charge on any atom is -0.445 e. The van der Waals surface area contributed by atoms with Crippen LogP contribution in [-0.2, 0) is 11.3 Å². The van der Waals surface area contributed by atoms with E-state index in [1.807, 2.05) is 13.8 Å². The highest BCUT2D eigenvalue weighted by Crippen LogP contribution is 2.19. The smallest absolute Gasteiger partial charge is 0.242 e. The van der Waals surface area contributed by atoms with Gasteiger partial charge in [0.25, 0.3) is 0 Å². The van der Waals surface area contributed by atoms with Crippen molar-refractivity contribution < 1.29 is 13.7 Å². The molecule has 1 N–H and O–H groups in total. The van der Waals surface area contributed by atoms with Crippen molar-refractivity contribution in [2.45, 2.75) is 45.8 Å². The average Bonchev–Trinajstić information content (AvgIpc) is 3.28. The molecule has 1 aliphatic heterocycles. The lowest BCUT2D eigenvalue weighted by molar-refractivity contribution is -0.120. The summed E-state index contributed by atoms with van der Waals surface area (Å²) in [6.07, 6.45) is 2.75. The normalized spacial score (nSPS) is 19.5. The Morgan fingerprint density at radius 3 is 2.92 bits per heavy atom. The SMILES string of the molecule is Cc1cc(NC(=O)[C@H](C)N2CC[C@H](N(C)Cc3ncc(C)o3)C2)no1. The van der Waals surface area contributed by atoms with Crippen LogP contribution >= 0.6 is 0 Å². The number of amides is 1. The number of carbonyl (C=O) groups excluding carboxylic acids is 1. The Bertz CT molecular complexity index is 725. The number of nitrogens with zero attached hydrogens (tertiary/aromatic N) is 4. The molecule has 1 saturated heterocycles. The molecule has 136 valence electrons. The van der Waals surface area contributed by atoms with E-state index in [2.05, 4.69) is 32.3 Å². The number of hydrogen-bond donors (Lipinski definition) is 1. The van der Waals surface area contributed by atoms with Crippen LogP contribution in [0.15, 0.2) is 21.2 Å². The maximum absolute atomic E-state index is 12.4. The van der Waals surface area contributed by atoms with Gasteiger partial charge >= 0.3 is 0 Å². The van der Waals surface area contributed by atoms with Crippen LogP contribution in [0.1, 0.15) is 30.8 Å². The number of carbonyl (C=O) groups is 1. The molecule has 25 heavy (non-hydrogen) atoms. The third-order valence-corrected chi connectivity index (χ3v) is 4.68. The van der Waals surface area contributed by atoms with Crippen LogP contribution in [0.25, 0.3) is 0 Å². The predicted octanol–water partition coefficient (Wildman–Crippen LogP) is 1.81. The van der Waals surface area contributed by atoms with Gasteiger partial charge in [-0.2, -0.15) is 0 Å². The van der Waals surface area contributed by atoms with Gasteiger partial charge in [0.05, 0.1) is 18.8 Å². The quantitative estimate of drug-likeness (QED) is 0.852. The standard InChI is InChI=1S/C17H25N5O3/c1-11-7-15(20-25-11)19-17(23)13(3)22-6-5-14(9-22)21(4)10-16-18-8-12(2)24-16/h7-8,13-14H,5-6,9-10H2,1-4H3,(H,19,20,23)/t13-,14-/m0/s1. The van der Waals surface area contributed by atoms with Gasteiger partial charge in [0.2, 0.25) is 11.8 Å². The van der Waals surface area contributed by atoms with E-state index in [1.165, 1.54) is 0 Å². The number of anilines is 1. The minimum atomic E-state index is -0.223. The van der Waals surface area contributed by atoms with Gasteiger partial charge in [-0.05, 0) is 34.2 Å². The number of aromatic nitrogens is 2. The zero-order valence-electron chi connectivity index (χ0n) is 15.2. The summed E-state index contributed by atoms with van der Waals surface area (Å²) in [5.74, 6) is 2.62. The lowest BCUT2D eigenvalue weighted by Crippen LogP contribution is -2.42. The second kappa shape index (κ2) is 7.37. The third-order valence-electron chi connectivity index (χ3n) is 4.68. The number of rotatable bonds is 6. The van der Waals surface area contributed by atoms with Gasteiger partial charge in [0.15, 0.2) is 5.82 Å². The highest BCUT2D eigenvalue weighted by molar-refractivity contribution is 5.93. The van der Waals surface area contributed by atoms with Gasteiger partial charge < -0.3 is 14.3 Å². The summed E-state index contributed by atoms with van der Waals surface area (Å²) < 4.78 is 10.5. The molecule has 8 heteroatoms. The molecule has 2 aromatic rings. The zero-order chi connectivity index (χ0) is 18.0. The van der Waals surface area contributed by atoms with Crippen molar-refractivity contribution in [3.63, 3.8) is 0 Å². The van der Waals surface area contributed by atoms with Gasteiger partial charge in [-0.15, -0.1) is 0 Å². The average molecular weight is 347 g/mol. The van der Waals surface area contributed by atoms with Gasteiger partial charge in [-0.1, -0.05) is 5.16 Å². The summed E-state index contributed by atoms with van der Waals surface area (Å²) in [7, 11) is 2.07. The number of nitrogens with one attached hydrogen (secondary N) is 1. The summed E-state index contributed by atoms with van der Waals surface area (Å²) in [6, 6.07) is 1.86. The Morgan fingerprint density at radius 2 is 2.28 bits per heavy atom. The molecule has 8 nitrogen and oxygen atoms in total. The van der Waals surface area contributed by atoms with Crippen molar-refractivity contribution in [2.24, 2.45) is 0 Å². The Morgan fingerprint density at radius 1 is 1.48 bits per heavy atom. The van der Waals surface area contributed by atoms with Crippen LogP contribution in [0.4, 0.5) is 5.82 Å². The molecule has 1 fully saturated rings. The molecule has 0 bridgehead atoms. The molecule has 2 aromatic heterocycles. The summed E-state index contributed by atoms with van der Waals surface area (Å²) in [4.78, 5) is 21.1. The fourth-order valence-corrected chi connectivity index (χ4v) is 3.12. The Kier molecular flexibility index (Phi) is 5.19. The molecule has 0 aromatic carbocycles. The zero-order valence-corrected chi connectivity index (χ0v) is 15.2. The van der Waals surface area contributed by atoms with Gasteiger partial charge in [0.1, 0.15) is 11.5 Å². The molecule has 1 aliphatic rings. The van der Waals surface area contributed by atoms with Crippen LogP contribution in [0.5, 0.6) is 0 Å². The number of likely N-dealkylation sites (N-methyl/N-ethyl adjacent to an activating group) is 1. The van der Waals surface area contributed by atoms with Crippen LogP contribution in [0.3, 0.4) is 0 Å². The van der Waals surface area contributed by atoms with E-state index in [0.29, 0.717) is 24.2 Å². The Hall–Kier alpha value is -2.19. The highest BCUT2D eigenvalue weighted by atomic mass is 16.5. The molecule has 2 atom stereocenters. The predicted molar refractivity (Wildman–Crippen MR) is 92.0 cm³/mol. The molecule has 1 amide bonds. The first-order valence-corrected chi connectivity index (χ1v) is 8.52. The Labute approximate surface area is 147 Å². The van der Waals surface area contributed by atoms with E-state index in [1.54, 1.807) is 19.2 Å². The van der Waals surface area contributed by atoms with Crippen molar-refractivity contribution in [1.29, 1.82) is 0 Å². The Balaban J connectivity index is 1.51. The summed E-state index contributed by atoms with van der Waals surface area (Å²) >= 11 is 0. The third kappa shape index (κ3) is 4.26. The second-order valence-electron chi connectivity index (χ2n) is 6.71. The van der Waals surface area contributed by atoms with Crippen molar-refractivity contribution in [2.75, 3.05) is 25.5 Å². The maximum atomic E-state index is 12.4. The molecule has 0 spiro atoms. The lowest BCUT2D eigenvalue weighted by atomic mass is 10.2. The summed E-state index contributed by atoms with van der Waals surface area (Å²) in [6.45, 7) is 7.99. The summed E-state index contributed by atoms with van der Waals surface area (Å²) in [5, 5.41) is 6.61.